The van der Waals surface area contributed by atoms with Crippen LogP contribution in [0.3, 0.4) is 0 Å². The third-order valence-electron chi connectivity index (χ3n) is 3.99. The van der Waals surface area contributed by atoms with E-state index in [0.29, 0.717) is 4.52 Å². The standard InChI is InChI=1S/C17H15F3N4O4/c1-26-11-4-8(5-12(27-2)14(11)28-3)10-6-13(17(18,19)20)24-16(23-10)9(7-22-24)15(21)25/h4-7H,1-3H3,(H2,21,25). The number of halogens is 3. The highest BCUT2D eigenvalue weighted by Gasteiger charge is 2.36. The first kappa shape index (κ1) is 19.3. The van der Waals surface area contributed by atoms with Crippen molar-refractivity contribution in [1.82, 2.24) is 14.6 Å². The monoisotopic (exact) mass is 396 g/mol. The van der Waals surface area contributed by atoms with Gasteiger partial charge in [0.25, 0.3) is 5.91 Å². The van der Waals surface area contributed by atoms with Crippen molar-refractivity contribution < 1.29 is 32.2 Å². The topological polar surface area (TPSA) is 101 Å². The summed E-state index contributed by atoms with van der Waals surface area (Å²) in [6.45, 7) is 0. The number of carbonyl (C=O) groups is 1. The molecule has 2 N–H and O–H groups in total. The first-order valence-corrected chi connectivity index (χ1v) is 7.77. The maximum Gasteiger partial charge on any atom is 0.433 e. The van der Waals surface area contributed by atoms with Crippen LogP contribution in [0.5, 0.6) is 17.2 Å². The third kappa shape index (κ3) is 3.15. The van der Waals surface area contributed by atoms with Crippen molar-refractivity contribution in [2.45, 2.75) is 6.18 Å². The second kappa shape index (κ2) is 6.91. The lowest BCUT2D eigenvalue weighted by molar-refractivity contribution is -0.142. The number of hydrogen-bond acceptors (Lipinski definition) is 6. The molecule has 0 aliphatic rings. The SMILES string of the molecule is COc1cc(-c2cc(C(F)(F)F)n3ncc(C(N)=O)c3n2)cc(OC)c1OC. The summed E-state index contributed by atoms with van der Waals surface area (Å²) in [4.78, 5) is 15.7. The highest BCUT2D eigenvalue weighted by atomic mass is 19.4. The average Bonchev–Trinajstić information content (AvgIpc) is 3.09. The van der Waals surface area contributed by atoms with Gasteiger partial charge in [-0.1, -0.05) is 0 Å². The molecular weight excluding hydrogens is 381 g/mol. The van der Waals surface area contributed by atoms with Crippen LogP contribution >= 0.6 is 0 Å². The van der Waals surface area contributed by atoms with E-state index in [4.69, 9.17) is 19.9 Å². The van der Waals surface area contributed by atoms with Crippen molar-refractivity contribution in [3.05, 3.63) is 35.7 Å². The molecule has 2 heterocycles. The van der Waals surface area contributed by atoms with Gasteiger partial charge >= 0.3 is 6.18 Å². The van der Waals surface area contributed by atoms with Crippen LogP contribution in [0.2, 0.25) is 0 Å². The van der Waals surface area contributed by atoms with Crippen molar-refractivity contribution >= 4 is 11.6 Å². The maximum absolute atomic E-state index is 13.6. The van der Waals surface area contributed by atoms with Crippen LogP contribution in [0.15, 0.2) is 24.4 Å². The number of carbonyl (C=O) groups excluding carboxylic acids is 1. The Morgan fingerprint density at radius 2 is 1.68 bits per heavy atom. The molecule has 0 saturated heterocycles. The van der Waals surface area contributed by atoms with Crippen LogP contribution in [-0.2, 0) is 6.18 Å². The number of nitrogens with zero attached hydrogens (tertiary/aromatic N) is 3. The largest absolute Gasteiger partial charge is 0.493 e. The summed E-state index contributed by atoms with van der Waals surface area (Å²) >= 11 is 0. The lowest BCUT2D eigenvalue weighted by Gasteiger charge is -2.15. The number of aromatic nitrogens is 3. The molecule has 3 aromatic rings. The van der Waals surface area contributed by atoms with Gasteiger partial charge in [0.1, 0.15) is 5.56 Å². The number of hydrogen-bond donors (Lipinski definition) is 1. The number of ether oxygens (including phenoxy) is 3. The van der Waals surface area contributed by atoms with Gasteiger partial charge in [-0.2, -0.15) is 18.3 Å². The van der Waals surface area contributed by atoms with Crippen molar-refractivity contribution in [3.63, 3.8) is 0 Å². The molecule has 0 fully saturated rings. The number of rotatable bonds is 5. The first-order valence-electron chi connectivity index (χ1n) is 7.77. The zero-order valence-electron chi connectivity index (χ0n) is 15.0. The van der Waals surface area contributed by atoms with E-state index in [-0.39, 0.29) is 39.7 Å². The fraction of sp³-hybridized carbons (Fsp3) is 0.235. The van der Waals surface area contributed by atoms with Gasteiger partial charge in [-0.3, -0.25) is 4.79 Å². The maximum atomic E-state index is 13.6. The fourth-order valence-electron chi connectivity index (χ4n) is 2.72. The molecule has 11 heteroatoms. The lowest BCUT2D eigenvalue weighted by atomic mass is 10.1. The van der Waals surface area contributed by atoms with Crippen molar-refractivity contribution in [2.24, 2.45) is 5.73 Å². The Hall–Kier alpha value is -3.50. The van der Waals surface area contributed by atoms with Gasteiger partial charge in [0.15, 0.2) is 22.8 Å². The number of benzene rings is 1. The Balaban J connectivity index is 2.35. The lowest BCUT2D eigenvalue weighted by Crippen LogP contribution is -2.15. The number of primary amides is 1. The summed E-state index contributed by atoms with van der Waals surface area (Å²) in [6.07, 6.45) is -3.81. The Labute approximate surface area is 156 Å². The molecule has 0 aliphatic heterocycles. The summed E-state index contributed by atoms with van der Waals surface area (Å²) in [5.41, 5.74) is 3.73. The Bertz CT molecular complexity index is 1040. The summed E-state index contributed by atoms with van der Waals surface area (Å²) in [7, 11) is 4.15. The molecule has 0 aliphatic carbocycles. The zero-order chi connectivity index (χ0) is 20.6. The predicted octanol–water partition coefficient (Wildman–Crippen LogP) is 2.54. The summed E-state index contributed by atoms with van der Waals surface area (Å²) in [6, 6.07) is 3.70. The Kier molecular flexibility index (Phi) is 4.75. The van der Waals surface area contributed by atoms with Gasteiger partial charge in [0, 0.05) is 5.56 Å². The number of nitrogens with two attached hydrogens (primary N) is 1. The normalized spacial score (nSPS) is 11.5. The van der Waals surface area contributed by atoms with Gasteiger partial charge in [0.05, 0.1) is 33.2 Å². The van der Waals surface area contributed by atoms with Crippen molar-refractivity contribution in [1.29, 1.82) is 0 Å². The molecule has 3 rings (SSSR count). The first-order chi connectivity index (χ1) is 13.2. The molecular formula is C17H15F3N4O4. The highest BCUT2D eigenvalue weighted by molar-refractivity contribution is 5.98. The van der Waals surface area contributed by atoms with Gasteiger partial charge in [0.2, 0.25) is 5.75 Å². The molecule has 0 saturated carbocycles. The van der Waals surface area contributed by atoms with Gasteiger partial charge in [-0.25, -0.2) is 9.50 Å². The van der Waals surface area contributed by atoms with E-state index in [1.54, 1.807) is 0 Å². The Morgan fingerprint density at radius 1 is 1.07 bits per heavy atom. The smallest absolute Gasteiger partial charge is 0.433 e. The highest BCUT2D eigenvalue weighted by Crippen LogP contribution is 2.41. The number of fused-ring (bicyclic) bond motifs is 1. The molecule has 2 aromatic heterocycles. The molecule has 1 amide bonds. The summed E-state index contributed by atoms with van der Waals surface area (Å²) in [5.74, 6) is -0.211. The minimum atomic E-state index is -4.75. The zero-order valence-corrected chi connectivity index (χ0v) is 15.0. The number of amides is 1. The molecule has 0 bridgehead atoms. The van der Waals surface area contributed by atoms with Crippen LogP contribution in [-0.4, -0.2) is 41.8 Å². The van der Waals surface area contributed by atoms with E-state index in [9.17, 15) is 18.0 Å². The second-order valence-electron chi connectivity index (χ2n) is 5.60. The molecule has 0 atom stereocenters. The molecule has 1 aromatic carbocycles. The second-order valence-corrected chi connectivity index (χ2v) is 5.60. The number of methoxy groups -OCH3 is 3. The van der Waals surface area contributed by atoms with Gasteiger partial charge < -0.3 is 19.9 Å². The van der Waals surface area contributed by atoms with E-state index in [1.807, 2.05) is 0 Å². The Morgan fingerprint density at radius 3 is 2.14 bits per heavy atom. The van der Waals surface area contributed by atoms with E-state index in [1.165, 1.54) is 33.5 Å². The van der Waals surface area contributed by atoms with Crippen LogP contribution in [0.1, 0.15) is 16.1 Å². The quantitative estimate of drug-likeness (QED) is 0.711. The van der Waals surface area contributed by atoms with Crippen molar-refractivity contribution in [3.8, 4) is 28.5 Å². The molecule has 0 unspecified atom stereocenters. The minimum absolute atomic E-state index is 0.0814. The van der Waals surface area contributed by atoms with Crippen LogP contribution in [0.4, 0.5) is 13.2 Å². The molecule has 148 valence electrons. The molecule has 0 spiro atoms. The van der Waals surface area contributed by atoms with Crippen LogP contribution in [0.25, 0.3) is 16.9 Å². The van der Waals surface area contributed by atoms with E-state index >= 15 is 0 Å². The van der Waals surface area contributed by atoms with Gasteiger partial charge in [-0.15, -0.1) is 0 Å². The molecule has 0 radical (unpaired) electrons. The average molecular weight is 396 g/mol. The van der Waals surface area contributed by atoms with E-state index in [0.717, 1.165) is 12.3 Å². The summed E-state index contributed by atoms with van der Waals surface area (Å²) in [5, 5.41) is 3.60. The van der Waals surface area contributed by atoms with E-state index < -0.39 is 17.8 Å². The van der Waals surface area contributed by atoms with E-state index in [2.05, 4.69) is 10.1 Å². The van der Waals surface area contributed by atoms with Crippen molar-refractivity contribution in [2.75, 3.05) is 21.3 Å². The molecule has 8 nitrogen and oxygen atoms in total. The van der Waals surface area contributed by atoms with Crippen LogP contribution in [0, 0.1) is 0 Å². The fourth-order valence-corrected chi connectivity index (χ4v) is 2.72. The van der Waals surface area contributed by atoms with Crippen LogP contribution < -0.4 is 19.9 Å². The van der Waals surface area contributed by atoms with Gasteiger partial charge in [-0.05, 0) is 18.2 Å². The minimum Gasteiger partial charge on any atom is -0.493 e. The third-order valence-corrected chi connectivity index (χ3v) is 3.99. The predicted molar refractivity (Wildman–Crippen MR) is 91.6 cm³/mol. The molecule has 28 heavy (non-hydrogen) atoms. The summed E-state index contributed by atoms with van der Waals surface area (Å²) < 4.78 is 56.9. The number of alkyl halides is 3.